The molecule has 0 spiro atoms. The van der Waals surface area contributed by atoms with Gasteiger partial charge in [0.2, 0.25) is 0 Å². The lowest BCUT2D eigenvalue weighted by molar-refractivity contribution is -0.118. The maximum atomic E-state index is 10.9. The molecular formula is C7H7N3O4. The van der Waals surface area contributed by atoms with Crippen LogP contribution >= 0.6 is 0 Å². The molecule has 0 atom stereocenters. The number of rotatable bonds is 1. The molecule has 0 saturated carbocycles. The quantitative estimate of drug-likeness (QED) is 0.630. The van der Waals surface area contributed by atoms with Crippen LogP contribution in [0.5, 0.6) is 5.75 Å². The Balaban J connectivity index is 2.54. The van der Waals surface area contributed by atoms with E-state index >= 15 is 0 Å². The van der Waals surface area contributed by atoms with Crippen molar-refractivity contribution in [2.24, 2.45) is 7.05 Å². The Kier molecular flexibility index (Phi) is 1.66. The number of carboxylic acid groups (broad SMARTS) is 1. The van der Waals surface area contributed by atoms with Crippen molar-refractivity contribution in [3.8, 4) is 5.75 Å². The van der Waals surface area contributed by atoms with Gasteiger partial charge in [0.1, 0.15) is 0 Å². The van der Waals surface area contributed by atoms with Gasteiger partial charge in [0.25, 0.3) is 5.91 Å². The van der Waals surface area contributed by atoms with Crippen molar-refractivity contribution < 1.29 is 19.4 Å². The van der Waals surface area contributed by atoms with Crippen LogP contribution in [0.25, 0.3) is 0 Å². The zero-order chi connectivity index (χ0) is 10.3. The zero-order valence-corrected chi connectivity index (χ0v) is 7.27. The summed E-state index contributed by atoms with van der Waals surface area (Å²) in [5.74, 6) is -1.22. The molecule has 74 valence electrons. The van der Waals surface area contributed by atoms with E-state index in [-0.39, 0.29) is 29.8 Å². The number of aromatic carboxylic acids is 1. The number of aryl methyl sites for hydroxylation is 1. The first-order valence-corrected chi connectivity index (χ1v) is 3.82. The maximum absolute atomic E-state index is 10.9. The predicted octanol–water partition coefficient (Wildman–Crippen LogP) is -0.551. The minimum absolute atomic E-state index is 0.0694. The number of nitrogens with one attached hydrogen (secondary N) is 1. The first-order valence-electron chi connectivity index (χ1n) is 3.82. The predicted molar refractivity (Wildman–Crippen MR) is 44.3 cm³/mol. The molecule has 1 amide bonds. The van der Waals surface area contributed by atoms with E-state index in [1.54, 1.807) is 0 Å². The third kappa shape index (κ3) is 1.10. The van der Waals surface area contributed by atoms with Crippen LogP contribution in [0.4, 0.5) is 5.82 Å². The molecule has 7 heteroatoms. The number of nitrogens with zero attached hydrogens (tertiary/aromatic N) is 2. The first kappa shape index (κ1) is 8.54. The molecular weight excluding hydrogens is 190 g/mol. The second kappa shape index (κ2) is 2.72. The van der Waals surface area contributed by atoms with Crippen LogP contribution in [0.1, 0.15) is 10.5 Å². The lowest BCUT2D eigenvalue weighted by Crippen LogP contribution is -2.25. The smallest absolute Gasteiger partial charge is 0.358 e. The van der Waals surface area contributed by atoms with Gasteiger partial charge in [0.15, 0.2) is 23.9 Å². The minimum atomic E-state index is -1.14. The van der Waals surface area contributed by atoms with Crippen molar-refractivity contribution in [3.05, 3.63) is 5.69 Å². The van der Waals surface area contributed by atoms with Gasteiger partial charge < -0.3 is 15.2 Å². The molecule has 2 heterocycles. The van der Waals surface area contributed by atoms with Gasteiger partial charge in [-0.2, -0.15) is 5.10 Å². The van der Waals surface area contributed by atoms with E-state index in [1.165, 1.54) is 7.05 Å². The summed E-state index contributed by atoms with van der Waals surface area (Å²) in [4.78, 5) is 21.7. The number of carboxylic acids is 1. The molecule has 0 aromatic carbocycles. The second-order valence-corrected chi connectivity index (χ2v) is 2.79. The molecule has 7 nitrogen and oxygen atoms in total. The molecule has 0 unspecified atom stereocenters. The monoisotopic (exact) mass is 197 g/mol. The van der Waals surface area contributed by atoms with Crippen molar-refractivity contribution in [1.82, 2.24) is 9.78 Å². The Hall–Kier alpha value is -2.05. The maximum Gasteiger partial charge on any atom is 0.358 e. The van der Waals surface area contributed by atoms with Crippen molar-refractivity contribution in [2.75, 3.05) is 11.9 Å². The summed E-state index contributed by atoms with van der Waals surface area (Å²) in [5.41, 5.74) is -0.0694. The van der Waals surface area contributed by atoms with Gasteiger partial charge in [-0.15, -0.1) is 0 Å². The summed E-state index contributed by atoms with van der Waals surface area (Å²) in [6.45, 7) is -0.182. The molecule has 0 bridgehead atoms. The molecule has 0 radical (unpaired) electrons. The first-order chi connectivity index (χ1) is 6.59. The summed E-state index contributed by atoms with van der Waals surface area (Å²) in [6.07, 6.45) is 0. The van der Waals surface area contributed by atoms with E-state index in [2.05, 4.69) is 10.4 Å². The van der Waals surface area contributed by atoms with Crippen LogP contribution in [0.3, 0.4) is 0 Å². The fourth-order valence-corrected chi connectivity index (χ4v) is 1.26. The number of aromatic nitrogens is 2. The number of fused-ring (bicyclic) bond motifs is 1. The lowest BCUT2D eigenvalue weighted by Gasteiger charge is -2.12. The van der Waals surface area contributed by atoms with Gasteiger partial charge in [-0.05, 0) is 0 Å². The Bertz CT molecular complexity index is 423. The summed E-state index contributed by atoms with van der Waals surface area (Å²) in [6, 6.07) is 0. The van der Waals surface area contributed by atoms with Gasteiger partial charge >= 0.3 is 5.97 Å². The SMILES string of the molecule is Cn1nc2c(c1C(=O)O)OCC(=O)N2. The largest absolute Gasteiger partial charge is 0.477 e. The number of hydrogen-bond acceptors (Lipinski definition) is 4. The lowest BCUT2D eigenvalue weighted by atomic mass is 10.3. The highest BCUT2D eigenvalue weighted by atomic mass is 16.5. The highest BCUT2D eigenvalue weighted by Crippen LogP contribution is 2.30. The van der Waals surface area contributed by atoms with Crippen LogP contribution < -0.4 is 10.1 Å². The molecule has 1 aromatic heterocycles. The zero-order valence-electron chi connectivity index (χ0n) is 7.27. The average Bonchev–Trinajstić information content (AvgIpc) is 2.39. The average molecular weight is 197 g/mol. The number of carbonyl (C=O) groups excluding carboxylic acids is 1. The van der Waals surface area contributed by atoms with Crippen molar-refractivity contribution in [3.63, 3.8) is 0 Å². The van der Waals surface area contributed by atoms with Crippen LogP contribution in [-0.4, -0.2) is 33.4 Å². The molecule has 0 fully saturated rings. The highest BCUT2D eigenvalue weighted by Gasteiger charge is 2.28. The van der Waals surface area contributed by atoms with Gasteiger partial charge in [0.05, 0.1) is 0 Å². The van der Waals surface area contributed by atoms with Gasteiger partial charge in [-0.3, -0.25) is 9.48 Å². The van der Waals surface area contributed by atoms with Crippen LogP contribution in [0.2, 0.25) is 0 Å². The minimum Gasteiger partial charge on any atom is -0.477 e. The fraction of sp³-hybridized carbons (Fsp3) is 0.286. The summed E-state index contributed by atoms with van der Waals surface area (Å²) in [5, 5.41) is 15.0. The molecule has 1 aliphatic rings. The third-order valence-corrected chi connectivity index (χ3v) is 1.81. The van der Waals surface area contributed by atoms with Crippen molar-refractivity contribution >= 4 is 17.7 Å². The van der Waals surface area contributed by atoms with Crippen LogP contribution in [0.15, 0.2) is 0 Å². The topological polar surface area (TPSA) is 93.5 Å². The molecule has 2 rings (SSSR count). The number of ether oxygens (including phenoxy) is 1. The summed E-state index contributed by atoms with van der Waals surface area (Å²) >= 11 is 0. The number of hydrogen-bond donors (Lipinski definition) is 2. The molecule has 1 aromatic rings. The van der Waals surface area contributed by atoms with E-state index in [4.69, 9.17) is 9.84 Å². The molecule has 0 saturated heterocycles. The van der Waals surface area contributed by atoms with E-state index in [9.17, 15) is 9.59 Å². The number of anilines is 1. The number of amides is 1. The Morgan fingerprint density at radius 3 is 3.07 bits per heavy atom. The molecule has 2 N–H and O–H groups in total. The molecule has 1 aliphatic heterocycles. The Morgan fingerprint density at radius 2 is 2.43 bits per heavy atom. The van der Waals surface area contributed by atoms with Crippen LogP contribution in [-0.2, 0) is 11.8 Å². The van der Waals surface area contributed by atoms with E-state index < -0.39 is 5.97 Å². The normalized spacial score (nSPS) is 14.2. The van der Waals surface area contributed by atoms with Gasteiger partial charge in [0, 0.05) is 7.05 Å². The van der Waals surface area contributed by atoms with Crippen molar-refractivity contribution in [1.29, 1.82) is 0 Å². The van der Waals surface area contributed by atoms with E-state index in [1.807, 2.05) is 0 Å². The molecule has 14 heavy (non-hydrogen) atoms. The second-order valence-electron chi connectivity index (χ2n) is 2.79. The van der Waals surface area contributed by atoms with Crippen molar-refractivity contribution in [2.45, 2.75) is 0 Å². The Morgan fingerprint density at radius 1 is 1.71 bits per heavy atom. The van der Waals surface area contributed by atoms with E-state index in [0.29, 0.717) is 0 Å². The van der Waals surface area contributed by atoms with Gasteiger partial charge in [-0.25, -0.2) is 4.79 Å². The fourth-order valence-electron chi connectivity index (χ4n) is 1.26. The standard InChI is InChI=1S/C7H7N3O4/c1-10-4(7(12)13)5-6(9-10)8-3(11)2-14-5/h2H2,1H3,(H,12,13)(H,8,9,11). The van der Waals surface area contributed by atoms with Gasteiger partial charge in [-0.1, -0.05) is 0 Å². The third-order valence-electron chi connectivity index (χ3n) is 1.81. The van der Waals surface area contributed by atoms with E-state index in [0.717, 1.165) is 4.68 Å². The Labute approximate surface area is 78.3 Å². The summed E-state index contributed by atoms with van der Waals surface area (Å²) in [7, 11) is 1.47. The van der Waals surface area contributed by atoms with Crippen LogP contribution in [0, 0.1) is 0 Å². The molecule has 0 aliphatic carbocycles. The highest BCUT2D eigenvalue weighted by molar-refractivity contribution is 5.98. The summed E-state index contributed by atoms with van der Waals surface area (Å²) < 4.78 is 6.12. The number of carbonyl (C=O) groups is 2.